The number of rotatable bonds is 1. The number of hydrogen-bond donors (Lipinski definition) is 2. The fraction of sp³-hybridized carbons (Fsp3) is 0. The number of aromatic nitrogens is 1. The first-order chi connectivity index (χ1) is 6.68. The molecular formula is C9H7BBrNO2. The van der Waals surface area contributed by atoms with Crippen LogP contribution in [0.2, 0.25) is 0 Å². The van der Waals surface area contributed by atoms with E-state index in [1.807, 2.05) is 12.1 Å². The van der Waals surface area contributed by atoms with Crippen LogP contribution in [0, 0.1) is 0 Å². The SMILES string of the molecule is OB(O)c1ccnc2cc(Br)ccc12. The number of nitrogens with zero attached hydrogens (tertiary/aromatic N) is 1. The summed E-state index contributed by atoms with van der Waals surface area (Å²) in [5, 5.41) is 19.0. The third-order valence-corrected chi connectivity index (χ3v) is 2.51. The van der Waals surface area contributed by atoms with Gasteiger partial charge in [-0.2, -0.15) is 0 Å². The highest BCUT2D eigenvalue weighted by molar-refractivity contribution is 9.10. The van der Waals surface area contributed by atoms with Crippen LogP contribution < -0.4 is 5.46 Å². The van der Waals surface area contributed by atoms with Gasteiger partial charge in [0.2, 0.25) is 0 Å². The molecular weight excluding hydrogens is 245 g/mol. The van der Waals surface area contributed by atoms with E-state index in [-0.39, 0.29) is 0 Å². The van der Waals surface area contributed by atoms with Gasteiger partial charge in [-0.1, -0.05) is 22.0 Å². The molecule has 0 fully saturated rings. The molecule has 0 aliphatic heterocycles. The largest absolute Gasteiger partial charge is 0.489 e. The number of hydrogen-bond acceptors (Lipinski definition) is 3. The van der Waals surface area contributed by atoms with Gasteiger partial charge in [0, 0.05) is 16.1 Å². The second-order valence-corrected chi connectivity index (χ2v) is 3.85. The summed E-state index contributed by atoms with van der Waals surface area (Å²) in [5.41, 5.74) is 1.22. The zero-order chi connectivity index (χ0) is 10.1. The summed E-state index contributed by atoms with van der Waals surface area (Å²) in [6, 6.07) is 7.08. The zero-order valence-electron chi connectivity index (χ0n) is 7.18. The maximum absolute atomic E-state index is 9.11. The molecule has 0 atom stereocenters. The minimum Gasteiger partial charge on any atom is -0.423 e. The van der Waals surface area contributed by atoms with Crippen LogP contribution >= 0.6 is 15.9 Å². The molecule has 0 spiro atoms. The quantitative estimate of drug-likeness (QED) is 0.733. The smallest absolute Gasteiger partial charge is 0.423 e. The Hall–Kier alpha value is -0.905. The van der Waals surface area contributed by atoms with Gasteiger partial charge in [-0.05, 0) is 23.7 Å². The van der Waals surface area contributed by atoms with Crippen molar-refractivity contribution in [2.24, 2.45) is 0 Å². The van der Waals surface area contributed by atoms with E-state index in [1.165, 1.54) is 0 Å². The molecule has 0 aliphatic rings. The maximum Gasteiger partial charge on any atom is 0.489 e. The van der Waals surface area contributed by atoms with Gasteiger partial charge >= 0.3 is 7.12 Å². The van der Waals surface area contributed by atoms with Crippen LogP contribution in [-0.2, 0) is 0 Å². The van der Waals surface area contributed by atoms with E-state index in [0.717, 1.165) is 15.4 Å². The summed E-state index contributed by atoms with van der Waals surface area (Å²) < 4.78 is 0.919. The minimum atomic E-state index is -1.46. The molecule has 1 aromatic carbocycles. The molecule has 0 saturated heterocycles. The summed E-state index contributed by atoms with van der Waals surface area (Å²) in [5.74, 6) is 0. The predicted octanol–water partition coefficient (Wildman–Crippen LogP) is 0.677. The standard InChI is InChI=1S/C9H7BBrNO2/c11-6-1-2-7-8(10(13)14)3-4-12-9(7)5-6/h1-5,13-14H. The first-order valence-electron chi connectivity index (χ1n) is 4.09. The number of benzene rings is 1. The Bertz CT molecular complexity index is 475. The highest BCUT2D eigenvalue weighted by Crippen LogP contribution is 2.16. The molecule has 0 aliphatic carbocycles. The molecule has 0 bridgehead atoms. The van der Waals surface area contributed by atoms with E-state index >= 15 is 0 Å². The second kappa shape index (κ2) is 3.69. The molecule has 1 heterocycles. The Kier molecular flexibility index (Phi) is 2.54. The van der Waals surface area contributed by atoms with Crippen LogP contribution in [0.15, 0.2) is 34.9 Å². The average molecular weight is 252 g/mol. The first-order valence-corrected chi connectivity index (χ1v) is 4.88. The summed E-state index contributed by atoms with van der Waals surface area (Å²) in [6.45, 7) is 0. The van der Waals surface area contributed by atoms with E-state index in [1.54, 1.807) is 18.3 Å². The van der Waals surface area contributed by atoms with Crippen molar-refractivity contribution >= 4 is 39.4 Å². The maximum atomic E-state index is 9.11. The van der Waals surface area contributed by atoms with Gasteiger partial charge in [0.15, 0.2) is 0 Å². The summed E-state index contributed by atoms with van der Waals surface area (Å²) in [7, 11) is -1.46. The summed E-state index contributed by atoms with van der Waals surface area (Å²) in [6.07, 6.45) is 1.56. The van der Waals surface area contributed by atoms with Crippen molar-refractivity contribution in [1.82, 2.24) is 4.98 Å². The van der Waals surface area contributed by atoms with Crippen LogP contribution in [0.3, 0.4) is 0 Å². The Labute approximate surface area is 89.7 Å². The van der Waals surface area contributed by atoms with Crippen molar-refractivity contribution in [3.05, 3.63) is 34.9 Å². The van der Waals surface area contributed by atoms with E-state index < -0.39 is 7.12 Å². The lowest BCUT2D eigenvalue weighted by molar-refractivity contribution is 0.426. The molecule has 0 amide bonds. The van der Waals surface area contributed by atoms with Crippen molar-refractivity contribution in [2.75, 3.05) is 0 Å². The van der Waals surface area contributed by atoms with E-state index in [4.69, 9.17) is 10.0 Å². The topological polar surface area (TPSA) is 53.4 Å². The lowest BCUT2D eigenvalue weighted by Gasteiger charge is -2.04. The van der Waals surface area contributed by atoms with E-state index in [2.05, 4.69) is 20.9 Å². The highest BCUT2D eigenvalue weighted by atomic mass is 79.9. The second-order valence-electron chi connectivity index (χ2n) is 2.94. The van der Waals surface area contributed by atoms with E-state index in [0.29, 0.717) is 5.46 Å². The highest BCUT2D eigenvalue weighted by Gasteiger charge is 2.14. The van der Waals surface area contributed by atoms with Gasteiger partial charge in [0.05, 0.1) is 5.52 Å². The number of pyridine rings is 1. The monoisotopic (exact) mass is 251 g/mol. The molecule has 2 N–H and O–H groups in total. The van der Waals surface area contributed by atoms with Crippen LogP contribution in [-0.4, -0.2) is 22.2 Å². The lowest BCUT2D eigenvalue weighted by atomic mass is 9.78. The molecule has 1 aromatic heterocycles. The fourth-order valence-electron chi connectivity index (χ4n) is 1.37. The van der Waals surface area contributed by atoms with Gasteiger partial charge in [0.1, 0.15) is 0 Å². The predicted molar refractivity (Wildman–Crippen MR) is 59.3 cm³/mol. The minimum absolute atomic E-state index is 0.475. The van der Waals surface area contributed by atoms with Gasteiger partial charge in [-0.3, -0.25) is 4.98 Å². The van der Waals surface area contributed by atoms with Gasteiger partial charge in [0.25, 0.3) is 0 Å². The molecule has 0 radical (unpaired) electrons. The van der Waals surface area contributed by atoms with Crippen LogP contribution in [0.25, 0.3) is 10.9 Å². The molecule has 2 aromatic rings. The summed E-state index contributed by atoms with van der Waals surface area (Å²) >= 11 is 3.33. The van der Waals surface area contributed by atoms with Crippen molar-refractivity contribution < 1.29 is 10.0 Å². The Morgan fingerprint density at radius 2 is 2.00 bits per heavy atom. The molecule has 70 valence electrons. The molecule has 3 nitrogen and oxygen atoms in total. The number of halogens is 1. The van der Waals surface area contributed by atoms with Crippen molar-refractivity contribution in [3.63, 3.8) is 0 Å². The molecule has 0 saturated carbocycles. The summed E-state index contributed by atoms with van der Waals surface area (Å²) in [4.78, 5) is 4.13. The molecule has 14 heavy (non-hydrogen) atoms. The van der Waals surface area contributed by atoms with Crippen LogP contribution in [0.1, 0.15) is 0 Å². The lowest BCUT2D eigenvalue weighted by Crippen LogP contribution is -2.30. The van der Waals surface area contributed by atoms with Crippen molar-refractivity contribution in [2.45, 2.75) is 0 Å². The van der Waals surface area contributed by atoms with Gasteiger partial charge in [-0.15, -0.1) is 0 Å². The Balaban J connectivity index is 2.75. The van der Waals surface area contributed by atoms with Crippen molar-refractivity contribution in [1.29, 1.82) is 0 Å². The zero-order valence-corrected chi connectivity index (χ0v) is 8.77. The Morgan fingerprint density at radius 3 is 2.71 bits per heavy atom. The van der Waals surface area contributed by atoms with Crippen LogP contribution in [0.4, 0.5) is 0 Å². The fourth-order valence-corrected chi connectivity index (χ4v) is 1.72. The normalized spacial score (nSPS) is 10.5. The molecule has 0 unspecified atom stereocenters. The number of fused-ring (bicyclic) bond motifs is 1. The average Bonchev–Trinajstić information content (AvgIpc) is 2.16. The van der Waals surface area contributed by atoms with Gasteiger partial charge in [-0.25, -0.2) is 0 Å². The third kappa shape index (κ3) is 1.66. The van der Waals surface area contributed by atoms with E-state index in [9.17, 15) is 0 Å². The molecule has 5 heteroatoms. The third-order valence-electron chi connectivity index (χ3n) is 2.02. The Morgan fingerprint density at radius 1 is 1.21 bits per heavy atom. The first kappa shape index (κ1) is 9.64. The van der Waals surface area contributed by atoms with Crippen molar-refractivity contribution in [3.8, 4) is 0 Å². The molecule has 2 rings (SSSR count). The van der Waals surface area contributed by atoms with Crippen LogP contribution in [0.5, 0.6) is 0 Å². The van der Waals surface area contributed by atoms with Gasteiger partial charge < -0.3 is 10.0 Å².